The number of carbonyl (C=O) groups excluding carboxylic acids is 2. The van der Waals surface area contributed by atoms with Crippen LogP contribution < -0.4 is 10.2 Å². The predicted molar refractivity (Wildman–Crippen MR) is 135 cm³/mol. The van der Waals surface area contributed by atoms with Crippen molar-refractivity contribution in [2.24, 2.45) is 0 Å². The molecule has 0 bridgehead atoms. The van der Waals surface area contributed by atoms with Crippen molar-refractivity contribution >= 4 is 40.0 Å². The molecule has 0 radical (unpaired) electrons. The number of rotatable bonds is 8. The van der Waals surface area contributed by atoms with Crippen LogP contribution in [0.15, 0.2) is 66.1 Å². The van der Waals surface area contributed by atoms with Gasteiger partial charge in [0.15, 0.2) is 5.13 Å². The van der Waals surface area contributed by atoms with Crippen LogP contribution in [0.3, 0.4) is 0 Å². The van der Waals surface area contributed by atoms with Crippen molar-refractivity contribution in [2.75, 3.05) is 37.7 Å². The van der Waals surface area contributed by atoms with E-state index in [1.807, 2.05) is 30.3 Å². The summed E-state index contributed by atoms with van der Waals surface area (Å²) in [4.78, 5) is 32.9. The number of para-hydroxylation sites is 1. The Morgan fingerprint density at radius 1 is 1.17 bits per heavy atom. The summed E-state index contributed by atoms with van der Waals surface area (Å²) in [6.45, 7) is 5.06. The van der Waals surface area contributed by atoms with Gasteiger partial charge in [-0.1, -0.05) is 42.5 Å². The lowest BCUT2D eigenvalue weighted by Crippen LogP contribution is -2.42. The third kappa shape index (κ3) is 6.60. The molecular formula is C26H27FN4O3S. The number of aromatic nitrogens is 1. The molecule has 3 aromatic rings. The molecule has 1 atom stereocenters. The van der Waals surface area contributed by atoms with Gasteiger partial charge in [0.1, 0.15) is 5.82 Å². The highest BCUT2D eigenvalue weighted by Crippen LogP contribution is 2.31. The Morgan fingerprint density at radius 2 is 1.89 bits per heavy atom. The quantitative estimate of drug-likeness (QED) is 0.476. The molecule has 1 N–H and O–H groups in total. The van der Waals surface area contributed by atoms with Crippen LogP contribution in [0.5, 0.6) is 0 Å². The van der Waals surface area contributed by atoms with Crippen LogP contribution in [0.2, 0.25) is 0 Å². The second-order valence-electron chi connectivity index (χ2n) is 8.08. The maximum atomic E-state index is 14.3. The van der Waals surface area contributed by atoms with E-state index in [9.17, 15) is 14.0 Å². The number of ether oxygens (including phenoxy) is 1. The molecule has 182 valence electrons. The number of nitrogens with one attached hydrogen (secondary N) is 1. The monoisotopic (exact) mass is 494 g/mol. The summed E-state index contributed by atoms with van der Waals surface area (Å²) < 4.78 is 19.7. The van der Waals surface area contributed by atoms with Gasteiger partial charge in [-0.15, -0.1) is 11.3 Å². The molecule has 0 saturated carbocycles. The van der Waals surface area contributed by atoms with E-state index in [2.05, 4.69) is 15.2 Å². The van der Waals surface area contributed by atoms with Gasteiger partial charge in [-0.25, -0.2) is 9.37 Å². The molecule has 1 aliphatic heterocycles. The topological polar surface area (TPSA) is 74.8 Å². The summed E-state index contributed by atoms with van der Waals surface area (Å²) in [6.07, 6.45) is 3.01. The fourth-order valence-corrected chi connectivity index (χ4v) is 4.69. The Kier molecular flexibility index (Phi) is 8.36. The molecule has 35 heavy (non-hydrogen) atoms. The summed E-state index contributed by atoms with van der Waals surface area (Å²) in [6, 6.07) is 15.7. The highest BCUT2D eigenvalue weighted by molar-refractivity contribution is 7.14. The zero-order chi connectivity index (χ0) is 24.6. The standard InChI is InChI=1S/C26H27FN4O3S/c1-19(32)31(24-10-6-5-9-22(24)27)26-28-21(18-35-26)11-12-25(33)29-23(20-7-3-2-4-8-20)17-30-13-15-34-16-14-30/h2-12,18,23H,13-17H2,1H3,(H,29,33)/b12-11+. The van der Waals surface area contributed by atoms with Gasteiger partial charge in [0, 0.05) is 38.0 Å². The second kappa shape index (κ2) is 11.8. The summed E-state index contributed by atoms with van der Waals surface area (Å²) in [7, 11) is 0. The average molecular weight is 495 g/mol. The third-order valence-corrected chi connectivity index (χ3v) is 6.42. The van der Waals surface area contributed by atoms with Crippen molar-refractivity contribution in [2.45, 2.75) is 13.0 Å². The van der Waals surface area contributed by atoms with Crippen LogP contribution in [0.4, 0.5) is 15.2 Å². The van der Waals surface area contributed by atoms with Crippen LogP contribution in [0, 0.1) is 5.82 Å². The number of anilines is 2. The largest absolute Gasteiger partial charge is 0.379 e. The minimum atomic E-state index is -0.512. The maximum Gasteiger partial charge on any atom is 0.244 e. The molecule has 1 unspecified atom stereocenters. The lowest BCUT2D eigenvalue weighted by Gasteiger charge is -2.30. The highest BCUT2D eigenvalue weighted by atomic mass is 32.1. The minimum Gasteiger partial charge on any atom is -0.379 e. The Balaban J connectivity index is 1.45. The Labute approximate surface area is 207 Å². The fraction of sp³-hybridized carbons (Fsp3) is 0.269. The van der Waals surface area contributed by atoms with Crippen molar-refractivity contribution in [1.29, 1.82) is 0 Å². The van der Waals surface area contributed by atoms with Crippen LogP contribution in [0.1, 0.15) is 24.2 Å². The minimum absolute atomic E-state index is 0.136. The lowest BCUT2D eigenvalue weighted by molar-refractivity contribution is -0.117. The Bertz CT molecular complexity index is 1180. The summed E-state index contributed by atoms with van der Waals surface area (Å²) >= 11 is 1.20. The first-order chi connectivity index (χ1) is 17.0. The van der Waals surface area contributed by atoms with Gasteiger partial charge in [-0.05, 0) is 23.8 Å². The molecule has 0 aliphatic carbocycles. The first-order valence-electron chi connectivity index (χ1n) is 11.4. The van der Waals surface area contributed by atoms with Gasteiger partial charge in [0.25, 0.3) is 0 Å². The molecule has 2 amide bonds. The van der Waals surface area contributed by atoms with Crippen molar-refractivity contribution in [3.63, 3.8) is 0 Å². The van der Waals surface area contributed by atoms with E-state index < -0.39 is 5.82 Å². The van der Waals surface area contributed by atoms with E-state index in [1.165, 1.54) is 41.4 Å². The lowest BCUT2D eigenvalue weighted by atomic mass is 10.1. The van der Waals surface area contributed by atoms with Crippen molar-refractivity contribution in [3.05, 3.63) is 83.1 Å². The number of carbonyl (C=O) groups is 2. The molecule has 9 heteroatoms. The number of halogens is 1. The van der Waals surface area contributed by atoms with E-state index in [1.54, 1.807) is 23.6 Å². The van der Waals surface area contributed by atoms with Gasteiger partial charge >= 0.3 is 0 Å². The zero-order valence-electron chi connectivity index (χ0n) is 19.4. The molecular weight excluding hydrogens is 467 g/mol. The first kappa shape index (κ1) is 24.7. The third-order valence-electron chi connectivity index (χ3n) is 5.58. The summed E-state index contributed by atoms with van der Waals surface area (Å²) in [5, 5.41) is 5.14. The molecule has 1 aromatic heterocycles. The van der Waals surface area contributed by atoms with Gasteiger partial charge in [0.2, 0.25) is 11.8 Å². The average Bonchev–Trinajstić information content (AvgIpc) is 3.33. The first-order valence-corrected chi connectivity index (χ1v) is 12.2. The van der Waals surface area contributed by atoms with Crippen LogP contribution in [-0.2, 0) is 14.3 Å². The number of nitrogens with zero attached hydrogens (tertiary/aromatic N) is 3. The maximum absolute atomic E-state index is 14.3. The number of morpholine rings is 1. The molecule has 7 nitrogen and oxygen atoms in total. The van der Waals surface area contributed by atoms with Crippen molar-refractivity contribution in [3.8, 4) is 0 Å². The molecule has 4 rings (SSSR count). The van der Waals surface area contributed by atoms with Gasteiger partial charge < -0.3 is 10.1 Å². The van der Waals surface area contributed by atoms with Gasteiger partial charge in [0.05, 0.1) is 30.6 Å². The van der Waals surface area contributed by atoms with E-state index in [0.29, 0.717) is 30.6 Å². The molecule has 0 spiro atoms. The number of amides is 2. The second-order valence-corrected chi connectivity index (χ2v) is 8.92. The molecule has 1 fully saturated rings. The fourth-order valence-electron chi connectivity index (χ4n) is 3.84. The summed E-state index contributed by atoms with van der Waals surface area (Å²) in [5.41, 5.74) is 1.67. The zero-order valence-corrected chi connectivity index (χ0v) is 20.2. The molecule has 1 aliphatic rings. The number of thiazole rings is 1. The Hall–Kier alpha value is -3.40. The number of hydrogen-bond acceptors (Lipinski definition) is 6. The van der Waals surface area contributed by atoms with Crippen LogP contribution >= 0.6 is 11.3 Å². The molecule has 2 heterocycles. The molecule has 2 aromatic carbocycles. The van der Waals surface area contributed by atoms with Gasteiger partial charge in [-0.2, -0.15) is 0 Å². The predicted octanol–water partition coefficient (Wildman–Crippen LogP) is 4.17. The van der Waals surface area contributed by atoms with E-state index in [-0.39, 0.29) is 23.5 Å². The van der Waals surface area contributed by atoms with Crippen molar-refractivity contribution in [1.82, 2.24) is 15.2 Å². The molecule has 1 saturated heterocycles. The highest BCUT2D eigenvalue weighted by Gasteiger charge is 2.21. The SMILES string of the molecule is CC(=O)N(c1nc(/C=C/C(=O)NC(CN2CCOCC2)c2ccccc2)cs1)c1ccccc1F. The summed E-state index contributed by atoms with van der Waals surface area (Å²) in [5.74, 6) is -1.12. The number of benzene rings is 2. The van der Waals surface area contributed by atoms with E-state index >= 15 is 0 Å². The van der Waals surface area contributed by atoms with Crippen LogP contribution in [0.25, 0.3) is 6.08 Å². The van der Waals surface area contributed by atoms with E-state index in [4.69, 9.17) is 4.74 Å². The van der Waals surface area contributed by atoms with E-state index in [0.717, 1.165) is 18.7 Å². The van der Waals surface area contributed by atoms with Crippen molar-refractivity contribution < 1.29 is 18.7 Å². The Morgan fingerprint density at radius 3 is 2.60 bits per heavy atom. The number of hydrogen-bond donors (Lipinski definition) is 1. The van der Waals surface area contributed by atoms with Crippen LogP contribution in [-0.4, -0.2) is 54.5 Å². The normalized spacial score (nSPS) is 15.1. The smallest absolute Gasteiger partial charge is 0.244 e. The van der Waals surface area contributed by atoms with Gasteiger partial charge in [-0.3, -0.25) is 19.4 Å².